The van der Waals surface area contributed by atoms with Crippen molar-refractivity contribution in [1.29, 1.82) is 0 Å². The van der Waals surface area contributed by atoms with Gasteiger partial charge < -0.3 is 24.1 Å². The molecule has 11 heteroatoms. The Bertz CT molecular complexity index is 1510. The molecule has 0 radical (unpaired) electrons. The Kier molecular flexibility index (Phi) is 8.43. The summed E-state index contributed by atoms with van der Waals surface area (Å²) in [4.78, 5) is 45.2. The first-order valence-corrected chi connectivity index (χ1v) is 13.3. The summed E-state index contributed by atoms with van der Waals surface area (Å²) in [6, 6.07) is 8.99. The summed E-state index contributed by atoms with van der Waals surface area (Å²) in [7, 11) is 4.21. The largest absolute Gasteiger partial charge is 0.507 e. The number of methoxy groups -OCH3 is 3. The fourth-order valence-electron chi connectivity index (χ4n) is 4.49. The van der Waals surface area contributed by atoms with Gasteiger partial charge in [0.15, 0.2) is 16.6 Å². The number of hydrogen-bond donors (Lipinski definition) is 1. The van der Waals surface area contributed by atoms with Gasteiger partial charge in [-0.15, -0.1) is 0 Å². The number of aliphatic hydroxyl groups is 1. The Morgan fingerprint density at radius 1 is 1.05 bits per heavy atom. The molecule has 0 spiro atoms. The molecule has 210 valence electrons. The van der Waals surface area contributed by atoms with Gasteiger partial charge in [0.1, 0.15) is 16.4 Å². The van der Waals surface area contributed by atoms with E-state index in [1.54, 1.807) is 50.2 Å². The third kappa shape index (κ3) is 5.12. The highest BCUT2D eigenvalue weighted by Gasteiger charge is 2.48. The summed E-state index contributed by atoms with van der Waals surface area (Å²) >= 11 is 0.924. The number of aryl methyl sites for hydroxylation is 2. The predicted molar refractivity (Wildman–Crippen MR) is 149 cm³/mol. The van der Waals surface area contributed by atoms with Gasteiger partial charge in [-0.05, 0) is 61.7 Å². The van der Waals surface area contributed by atoms with Crippen LogP contribution in [0.3, 0.4) is 0 Å². The third-order valence-corrected chi connectivity index (χ3v) is 7.59. The molecule has 2 heterocycles. The van der Waals surface area contributed by atoms with Crippen LogP contribution in [0.2, 0.25) is 0 Å². The highest BCUT2D eigenvalue weighted by Crippen LogP contribution is 2.46. The highest BCUT2D eigenvalue weighted by atomic mass is 32.1. The zero-order chi connectivity index (χ0) is 29.1. The molecule has 4 rings (SSSR count). The Balaban J connectivity index is 1.94. The molecule has 0 bridgehead atoms. The van der Waals surface area contributed by atoms with Gasteiger partial charge in [0.05, 0.1) is 45.2 Å². The van der Waals surface area contributed by atoms with Crippen molar-refractivity contribution in [2.75, 3.05) is 32.8 Å². The maximum Gasteiger partial charge on any atom is 0.350 e. The first kappa shape index (κ1) is 28.6. The van der Waals surface area contributed by atoms with Gasteiger partial charge >= 0.3 is 11.9 Å². The lowest BCUT2D eigenvalue weighted by molar-refractivity contribution is -0.132. The van der Waals surface area contributed by atoms with E-state index < -0.39 is 23.7 Å². The lowest BCUT2D eigenvalue weighted by Crippen LogP contribution is -2.29. The molecular formula is C29H30N2O8S. The number of Topliss-reactive ketones (excluding diaryl/α,β-unsaturated/α-hetero) is 1. The van der Waals surface area contributed by atoms with Gasteiger partial charge in [0.25, 0.3) is 5.78 Å². The van der Waals surface area contributed by atoms with Crippen molar-refractivity contribution in [2.24, 2.45) is 0 Å². The first-order valence-electron chi connectivity index (χ1n) is 12.5. The number of carbonyl (C=O) groups is 3. The zero-order valence-electron chi connectivity index (χ0n) is 23.1. The number of amides is 1. The average molecular weight is 567 g/mol. The molecule has 1 aromatic heterocycles. The summed E-state index contributed by atoms with van der Waals surface area (Å²) in [5.41, 5.74) is 1.71. The van der Waals surface area contributed by atoms with E-state index >= 15 is 0 Å². The number of aliphatic hydroxyl groups excluding tert-OH is 1. The van der Waals surface area contributed by atoms with Crippen LogP contribution in [0.25, 0.3) is 5.76 Å². The molecule has 10 nitrogen and oxygen atoms in total. The lowest BCUT2D eigenvalue weighted by Gasteiger charge is -2.24. The third-order valence-electron chi connectivity index (χ3n) is 6.46. The quantitative estimate of drug-likeness (QED) is 0.165. The van der Waals surface area contributed by atoms with E-state index in [-0.39, 0.29) is 21.3 Å². The van der Waals surface area contributed by atoms with E-state index in [9.17, 15) is 19.5 Å². The minimum absolute atomic E-state index is 0.110. The smallest absolute Gasteiger partial charge is 0.350 e. The molecule has 0 saturated carbocycles. The molecule has 1 aliphatic heterocycles. The van der Waals surface area contributed by atoms with Crippen LogP contribution in [0.5, 0.6) is 17.2 Å². The van der Waals surface area contributed by atoms with Crippen molar-refractivity contribution in [3.05, 3.63) is 69.2 Å². The topological polar surface area (TPSA) is 124 Å². The van der Waals surface area contributed by atoms with E-state index in [1.165, 1.54) is 26.2 Å². The SMILES string of the molecule is CCCOc1ccc(C(O)=C2C(=O)C(=O)N(c3nc(C)c(C(=O)OC)s3)[C@@H]2c2ccc(OC)c(OC)c2)c(C)c1. The predicted octanol–water partition coefficient (Wildman–Crippen LogP) is 4.98. The van der Waals surface area contributed by atoms with Crippen LogP contribution in [0, 0.1) is 13.8 Å². The van der Waals surface area contributed by atoms with Crippen molar-refractivity contribution in [3.63, 3.8) is 0 Å². The Hall–Kier alpha value is -4.38. The first-order chi connectivity index (χ1) is 19.2. The van der Waals surface area contributed by atoms with Crippen molar-refractivity contribution in [2.45, 2.75) is 33.2 Å². The van der Waals surface area contributed by atoms with Crippen LogP contribution in [-0.2, 0) is 14.3 Å². The Morgan fingerprint density at radius 3 is 2.40 bits per heavy atom. The second kappa shape index (κ2) is 11.8. The van der Waals surface area contributed by atoms with Crippen LogP contribution in [0.1, 0.15) is 51.4 Å². The van der Waals surface area contributed by atoms with E-state index in [0.29, 0.717) is 46.2 Å². The molecule has 1 atom stereocenters. The molecule has 1 saturated heterocycles. The van der Waals surface area contributed by atoms with Gasteiger partial charge in [-0.25, -0.2) is 9.78 Å². The molecule has 0 aliphatic carbocycles. The van der Waals surface area contributed by atoms with Crippen molar-refractivity contribution >= 4 is 39.9 Å². The van der Waals surface area contributed by atoms with Crippen LogP contribution in [0.15, 0.2) is 42.0 Å². The lowest BCUT2D eigenvalue weighted by atomic mass is 9.93. The van der Waals surface area contributed by atoms with Crippen molar-refractivity contribution in [1.82, 2.24) is 4.98 Å². The van der Waals surface area contributed by atoms with Gasteiger partial charge in [0, 0.05) is 5.56 Å². The average Bonchev–Trinajstić information content (AvgIpc) is 3.46. The number of thiazole rings is 1. The van der Waals surface area contributed by atoms with Crippen LogP contribution < -0.4 is 19.1 Å². The standard InChI is InChI=1S/C29H30N2O8S/c1-7-12-39-18-9-10-19(15(2)13-18)24(32)22-23(17-8-11-20(36-4)21(14-17)37-5)31(27(34)25(22)33)29-30-16(3)26(40-29)28(35)38-6/h8-11,13-14,23,32H,7,12H2,1-6H3/t23-/m1/s1. The summed E-state index contributed by atoms with van der Waals surface area (Å²) in [6.45, 7) is 5.93. The molecule has 1 aliphatic rings. The van der Waals surface area contributed by atoms with E-state index in [2.05, 4.69) is 4.98 Å². The minimum atomic E-state index is -1.08. The Morgan fingerprint density at radius 2 is 1.77 bits per heavy atom. The maximum absolute atomic E-state index is 13.6. The molecule has 1 fully saturated rings. The summed E-state index contributed by atoms with van der Waals surface area (Å²) in [6.07, 6.45) is 0.837. The Labute approximate surface area is 235 Å². The van der Waals surface area contributed by atoms with Crippen LogP contribution >= 0.6 is 11.3 Å². The van der Waals surface area contributed by atoms with Gasteiger partial charge in [-0.3, -0.25) is 14.5 Å². The second-order valence-corrected chi connectivity index (χ2v) is 9.99. The number of rotatable bonds is 9. The normalized spacial score (nSPS) is 16.2. The molecule has 40 heavy (non-hydrogen) atoms. The number of nitrogens with zero attached hydrogens (tertiary/aromatic N) is 2. The minimum Gasteiger partial charge on any atom is -0.507 e. The number of hydrogen-bond acceptors (Lipinski definition) is 10. The summed E-state index contributed by atoms with van der Waals surface area (Å²) in [5, 5.41) is 11.7. The number of benzene rings is 2. The maximum atomic E-state index is 13.6. The molecule has 3 aromatic rings. The number of anilines is 1. The summed E-state index contributed by atoms with van der Waals surface area (Å²) < 4.78 is 21.4. The zero-order valence-corrected chi connectivity index (χ0v) is 23.9. The van der Waals surface area contributed by atoms with Gasteiger partial charge in [0.2, 0.25) is 0 Å². The number of esters is 1. The number of aromatic nitrogens is 1. The van der Waals surface area contributed by atoms with E-state index in [0.717, 1.165) is 17.8 Å². The summed E-state index contributed by atoms with van der Waals surface area (Å²) in [5.74, 6) is -1.31. The van der Waals surface area contributed by atoms with E-state index in [1.807, 2.05) is 6.92 Å². The molecule has 1 N–H and O–H groups in total. The number of ether oxygens (including phenoxy) is 4. The molecule has 2 aromatic carbocycles. The molecular weight excluding hydrogens is 536 g/mol. The van der Waals surface area contributed by atoms with Gasteiger partial charge in [-0.1, -0.05) is 24.3 Å². The number of carbonyl (C=O) groups excluding carboxylic acids is 3. The monoisotopic (exact) mass is 566 g/mol. The fraction of sp³-hybridized carbons (Fsp3) is 0.310. The highest BCUT2D eigenvalue weighted by molar-refractivity contribution is 7.17. The fourth-order valence-corrected chi connectivity index (χ4v) is 5.50. The molecule has 1 amide bonds. The van der Waals surface area contributed by atoms with Crippen LogP contribution in [-0.4, -0.2) is 55.7 Å². The second-order valence-electron chi connectivity index (χ2n) is 9.01. The van der Waals surface area contributed by atoms with Crippen molar-refractivity contribution in [3.8, 4) is 17.2 Å². The van der Waals surface area contributed by atoms with Crippen LogP contribution in [0.4, 0.5) is 5.13 Å². The van der Waals surface area contributed by atoms with E-state index in [4.69, 9.17) is 18.9 Å². The van der Waals surface area contributed by atoms with Crippen molar-refractivity contribution < 1.29 is 38.4 Å². The number of ketones is 1. The van der Waals surface area contributed by atoms with Gasteiger partial charge in [-0.2, -0.15) is 0 Å². The molecule has 0 unspecified atom stereocenters.